The topological polar surface area (TPSA) is 126 Å². The zero-order chi connectivity index (χ0) is 19.1. The van der Waals surface area contributed by atoms with E-state index in [4.69, 9.17) is 20.4 Å². The number of nitrogens with two attached hydrogens (primary N) is 1. The van der Waals surface area contributed by atoms with E-state index in [1.807, 2.05) is 4.90 Å². The number of hydrogen-bond acceptors (Lipinski definition) is 7. The number of hydrogen-bond donors (Lipinski definition) is 2. The number of anilines is 1. The summed E-state index contributed by atoms with van der Waals surface area (Å²) in [6.45, 7) is 5.08. The van der Waals surface area contributed by atoms with Crippen LogP contribution in [0.5, 0.6) is 0 Å². The van der Waals surface area contributed by atoms with E-state index in [2.05, 4.69) is 18.8 Å². The Balaban J connectivity index is 0.000000613. The molecule has 3 fully saturated rings. The highest BCUT2D eigenvalue weighted by atomic mass is 32.1. The molecular weight excluding hydrogens is 360 g/mol. The average molecular weight is 382 g/mol. The molecule has 9 nitrogen and oxygen atoms in total. The third-order valence-corrected chi connectivity index (χ3v) is 5.93. The summed E-state index contributed by atoms with van der Waals surface area (Å²) in [7, 11) is 0. The van der Waals surface area contributed by atoms with Gasteiger partial charge in [-0.3, -0.25) is 14.4 Å². The first-order valence-electron chi connectivity index (χ1n) is 8.41. The van der Waals surface area contributed by atoms with Gasteiger partial charge in [0, 0.05) is 18.3 Å². The van der Waals surface area contributed by atoms with E-state index in [1.165, 1.54) is 11.3 Å². The minimum absolute atomic E-state index is 0.0847. The normalized spacial score (nSPS) is 29.4. The number of amides is 2. The molecule has 142 valence electrons. The van der Waals surface area contributed by atoms with Crippen molar-refractivity contribution >= 4 is 34.8 Å². The number of likely N-dealkylation sites (tertiary alicyclic amines) is 1. The summed E-state index contributed by atoms with van der Waals surface area (Å²) >= 11 is 1.25. The Bertz CT molecular complexity index is 723. The van der Waals surface area contributed by atoms with Gasteiger partial charge in [-0.1, -0.05) is 13.8 Å². The molecule has 26 heavy (non-hydrogen) atoms. The Morgan fingerprint density at radius 2 is 2.27 bits per heavy atom. The lowest BCUT2D eigenvalue weighted by Crippen LogP contribution is -2.51. The second-order valence-corrected chi connectivity index (χ2v) is 7.77. The Morgan fingerprint density at radius 3 is 2.85 bits per heavy atom. The summed E-state index contributed by atoms with van der Waals surface area (Å²) in [5.74, 6) is 0.257. The summed E-state index contributed by atoms with van der Waals surface area (Å²) in [5.41, 5.74) is 5.35. The number of nitrogen functional groups attached to an aromatic ring is 1. The van der Waals surface area contributed by atoms with Crippen molar-refractivity contribution in [3.05, 3.63) is 11.1 Å². The van der Waals surface area contributed by atoms with Gasteiger partial charge in [0.2, 0.25) is 5.91 Å². The van der Waals surface area contributed by atoms with Crippen LogP contribution < -0.4 is 5.73 Å². The van der Waals surface area contributed by atoms with Gasteiger partial charge in [-0.25, -0.2) is 4.98 Å². The maximum absolute atomic E-state index is 12.7. The predicted molar refractivity (Wildman–Crippen MR) is 93.4 cm³/mol. The molecule has 3 aliphatic rings. The van der Waals surface area contributed by atoms with Crippen molar-refractivity contribution in [3.63, 3.8) is 0 Å². The maximum Gasteiger partial charge on any atom is 0.290 e. The summed E-state index contributed by atoms with van der Waals surface area (Å²) in [5, 5.41) is 8.94. The largest absolute Gasteiger partial charge is 0.483 e. The van der Waals surface area contributed by atoms with Crippen molar-refractivity contribution in [3.8, 4) is 0 Å². The number of aromatic nitrogens is 1. The molecular formula is C16H22N4O5S. The zero-order valence-electron chi connectivity index (χ0n) is 14.6. The number of nitrogens with zero attached hydrogens (tertiary/aromatic N) is 3. The van der Waals surface area contributed by atoms with Gasteiger partial charge in [0.15, 0.2) is 10.9 Å². The fraction of sp³-hybridized carbons (Fsp3) is 0.625. The molecule has 0 bridgehead atoms. The molecule has 3 N–H and O–H groups in total. The molecule has 3 atom stereocenters. The van der Waals surface area contributed by atoms with E-state index >= 15 is 0 Å². The van der Waals surface area contributed by atoms with E-state index in [0.717, 1.165) is 0 Å². The lowest BCUT2D eigenvalue weighted by Gasteiger charge is -2.34. The van der Waals surface area contributed by atoms with Crippen LogP contribution in [0.3, 0.4) is 0 Å². The third kappa shape index (κ3) is 2.73. The zero-order valence-corrected chi connectivity index (χ0v) is 15.4. The van der Waals surface area contributed by atoms with Gasteiger partial charge >= 0.3 is 0 Å². The molecule has 0 saturated carbocycles. The lowest BCUT2D eigenvalue weighted by atomic mass is 10.0. The van der Waals surface area contributed by atoms with Crippen molar-refractivity contribution in [1.82, 2.24) is 14.8 Å². The summed E-state index contributed by atoms with van der Waals surface area (Å²) in [4.78, 5) is 41.4. The van der Waals surface area contributed by atoms with Crippen LogP contribution in [0.25, 0.3) is 0 Å². The molecule has 1 aromatic heterocycles. The van der Waals surface area contributed by atoms with E-state index < -0.39 is 5.72 Å². The lowest BCUT2D eigenvalue weighted by molar-refractivity contribution is -0.139. The molecule has 0 aliphatic carbocycles. The van der Waals surface area contributed by atoms with Crippen molar-refractivity contribution < 1.29 is 24.2 Å². The third-order valence-electron chi connectivity index (χ3n) is 5.26. The molecule has 0 unspecified atom stereocenters. The number of carbonyl (C=O) groups is 3. The van der Waals surface area contributed by atoms with E-state index in [-0.39, 0.29) is 30.4 Å². The van der Waals surface area contributed by atoms with Crippen LogP contribution in [0.2, 0.25) is 0 Å². The highest BCUT2D eigenvalue weighted by molar-refractivity contribution is 7.13. The van der Waals surface area contributed by atoms with Gasteiger partial charge in [0.05, 0.1) is 25.1 Å². The highest BCUT2D eigenvalue weighted by Gasteiger charge is 2.65. The molecule has 2 amide bonds. The molecule has 0 radical (unpaired) electrons. The standard InChI is InChI=1S/C15H20N4O3S.CH2O2/c1-8(2)10-6-22-15-3-4-18(11(15)5-12(20)19(10)15)13(21)9-7-23-14(16)17-9;2-1-3/h7-8,10-11H,3-6H2,1-2H3,(H2,16,17);1H,(H,2,3)/t10-,11+,15-;/m0./s1. The van der Waals surface area contributed by atoms with Gasteiger partial charge in [-0.15, -0.1) is 11.3 Å². The molecule has 3 saturated heterocycles. The molecule has 1 aromatic rings. The first-order valence-corrected chi connectivity index (χ1v) is 9.29. The van der Waals surface area contributed by atoms with E-state index in [1.54, 1.807) is 10.3 Å². The minimum atomic E-state index is -0.636. The second kappa shape index (κ2) is 6.84. The fourth-order valence-electron chi connectivity index (χ4n) is 4.15. The Kier molecular flexibility index (Phi) is 4.89. The Labute approximate surface area is 154 Å². The van der Waals surface area contributed by atoms with Gasteiger partial charge in [-0.2, -0.15) is 0 Å². The molecule has 0 aromatic carbocycles. The predicted octanol–water partition coefficient (Wildman–Crippen LogP) is 0.624. The molecule has 4 rings (SSSR count). The van der Waals surface area contributed by atoms with Crippen LogP contribution in [-0.2, 0) is 14.3 Å². The van der Waals surface area contributed by atoms with Crippen LogP contribution >= 0.6 is 11.3 Å². The Morgan fingerprint density at radius 1 is 1.58 bits per heavy atom. The highest BCUT2D eigenvalue weighted by Crippen LogP contribution is 2.49. The minimum Gasteiger partial charge on any atom is -0.483 e. The molecule has 10 heteroatoms. The average Bonchev–Trinajstić information content (AvgIpc) is 3.30. The van der Waals surface area contributed by atoms with Gasteiger partial charge in [0.25, 0.3) is 12.4 Å². The Hall–Kier alpha value is -2.20. The van der Waals surface area contributed by atoms with E-state index in [9.17, 15) is 9.59 Å². The SMILES string of the molecule is CC(C)[C@@H]1CO[C@@]23CCN(C(=O)c4csc(N)n4)[C@@H]2CC(=O)N13.O=CO. The first-order chi connectivity index (χ1) is 12.4. The molecule has 3 aliphatic heterocycles. The van der Waals surface area contributed by atoms with Crippen LogP contribution in [0.15, 0.2) is 5.38 Å². The van der Waals surface area contributed by atoms with Crippen molar-refractivity contribution in [1.29, 1.82) is 0 Å². The number of ether oxygens (including phenoxy) is 1. The monoisotopic (exact) mass is 382 g/mol. The van der Waals surface area contributed by atoms with Gasteiger partial charge in [0.1, 0.15) is 5.69 Å². The maximum atomic E-state index is 12.7. The summed E-state index contributed by atoms with van der Waals surface area (Å²) in [6.07, 6.45) is 0.993. The number of carboxylic acid groups (broad SMARTS) is 1. The number of carbonyl (C=O) groups excluding carboxylic acids is 2. The molecule has 1 spiro atoms. The van der Waals surface area contributed by atoms with Crippen molar-refractivity contribution in [2.75, 3.05) is 18.9 Å². The molecule has 4 heterocycles. The number of thiazole rings is 1. The van der Waals surface area contributed by atoms with Gasteiger partial charge in [-0.05, 0) is 5.92 Å². The van der Waals surface area contributed by atoms with Crippen LogP contribution in [-0.4, -0.2) is 69.1 Å². The fourth-order valence-corrected chi connectivity index (χ4v) is 4.68. The number of rotatable bonds is 2. The van der Waals surface area contributed by atoms with Crippen molar-refractivity contribution in [2.45, 2.75) is 44.5 Å². The summed E-state index contributed by atoms with van der Waals surface area (Å²) in [6, 6.07) is -0.133. The quantitative estimate of drug-likeness (QED) is 0.718. The van der Waals surface area contributed by atoms with Crippen LogP contribution in [0, 0.1) is 5.92 Å². The van der Waals surface area contributed by atoms with Crippen LogP contribution in [0.4, 0.5) is 5.13 Å². The smallest absolute Gasteiger partial charge is 0.290 e. The van der Waals surface area contributed by atoms with Crippen molar-refractivity contribution in [2.24, 2.45) is 5.92 Å². The second-order valence-electron chi connectivity index (χ2n) is 6.88. The van der Waals surface area contributed by atoms with Gasteiger partial charge < -0.3 is 25.4 Å². The van der Waals surface area contributed by atoms with Crippen LogP contribution in [0.1, 0.15) is 37.2 Å². The van der Waals surface area contributed by atoms with E-state index in [0.29, 0.717) is 42.7 Å². The first kappa shape index (κ1) is 18.6. The summed E-state index contributed by atoms with van der Waals surface area (Å²) < 4.78 is 6.12.